The van der Waals surface area contributed by atoms with Crippen LogP contribution in [0.25, 0.3) is 0 Å². The van der Waals surface area contributed by atoms with Gasteiger partial charge in [0.15, 0.2) is 0 Å². The van der Waals surface area contributed by atoms with Gasteiger partial charge in [-0.15, -0.1) is 0 Å². The quantitative estimate of drug-likeness (QED) is 0.0943. The van der Waals surface area contributed by atoms with Crippen molar-refractivity contribution in [1.29, 1.82) is 0 Å². The molecule has 39 heavy (non-hydrogen) atoms. The van der Waals surface area contributed by atoms with Crippen LogP contribution < -0.4 is 0 Å². The summed E-state index contributed by atoms with van der Waals surface area (Å²) in [6.45, 7) is 4.43. The molecule has 0 radical (unpaired) electrons. The number of aryl methyl sites for hydroxylation is 2. The SMILES string of the molecule is CCCCCCCCCc1ccc(S(=O)(=O)[O-])cc1.CCCCCCCCCc1ccc(S(=O)(=O)[O-])cc1.[Zn+2]. The first-order valence-electron chi connectivity index (χ1n) is 14.2. The van der Waals surface area contributed by atoms with E-state index in [4.69, 9.17) is 0 Å². The van der Waals surface area contributed by atoms with Crippen LogP contribution in [0.1, 0.15) is 115 Å². The van der Waals surface area contributed by atoms with Crippen molar-refractivity contribution in [1.82, 2.24) is 0 Å². The van der Waals surface area contributed by atoms with E-state index in [0.29, 0.717) is 0 Å². The van der Waals surface area contributed by atoms with Crippen molar-refractivity contribution in [3.63, 3.8) is 0 Å². The molecular formula is C30H46O6S2Zn. The maximum atomic E-state index is 10.8. The van der Waals surface area contributed by atoms with Crippen LogP contribution in [0, 0.1) is 0 Å². The molecule has 2 aromatic rings. The second-order valence-electron chi connectivity index (χ2n) is 9.94. The zero-order valence-corrected chi connectivity index (χ0v) is 28.5. The van der Waals surface area contributed by atoms with Crippen molar-refractivity contribution in [3.05, 3.63) is 59.7 Å². The van der Waals surface area contributed by atoms with Gasteiger partial charge in [-0.25, -0.2) is 16.8 Å². The van der Waals surface area contributed by atoms with Gasteiger partial charge < -0.3 is 9.11 Å². The molecule has 0 bridgehead atoms. The molecule has 0 fully saturated rings. The van der Waals surface area contributed by atoms with Gasteiger partial charge in [0.1, 0.15) is 20.2 Å². The summed E-state index contributed by atoms with van der Waals surface area (Å²) in [5.74, 6) is 0. The Bertz CT molecular complexity index is 994. The predicted octanol–water partition coefficient (Wildman–Crippen LogP) is 7.77. The van der Waals surface area contributed by atoms with Gasteiger partial charge in [0.2, 0.25) is 0 Å². The van der Waals surface area contributed by atoms with Gasteiger partial charge in [0, 0.05) is 0 Å². The Hall–Kier alpha value is -1.12. The van der Waals surface area contributed by atoms with Crippen molar-refractivity contribution in [2.75, 3.05) is 0 Å². The predicted molar refractivity (Wildman–Crippen MR) is 152 cm³/mol. The number of unbranched alkanes of at least 4 members (excludes halogenated alkanes) is 12. The average Bonchev–Trinajstić information content (AvgIpc) is 2.87. The zero-order valence-electron chi connectivity index (χ0n) is 23.9. The van der Waals surface area contributed by atoms with Crippen molar-refractivity contribution in [2.24, 2.45) is 0 Å². The van der Waals surface area contributed by atoms with Gasteiger partial charge in [-0.2, -0.15) is 0 Å². The van der Waals surface area contributed by atoms with Crippen molar-refractivity contribution in [2.45, 2.75) is 126 Å². The standard InChI is InChI=1S/2C15H24O3S.Zn/c2*1-2-3-4-5-6-7-8-9-14-10-12-15(13-11-14)19(16,17)18;/h2*10-13H,2-9H2,1H3,(H,16,17,18);/q;;+2/p-2. The summed E-state index contributed by atoms with van der Waals surface area (Å²) in [4.78, 5) is -0.286. The molecule has 0 saturated carbocycles. The third kappa shape index (κ3) is 18.8. The van der Waals surface area contributed by atoms with Crippen LogP contribution >= 0.6 is 0 Å². The Kier molecular flexibility index (Phi) is 21.0. The summed E-state index contributed by atoms with van der Waals surface area (Å²) >= 11 is 0. The summed E-state index contributed by atoms with van der Waals surface area (Å²) in [6.07, 6.45) is 19.6. The van der Waals surface area contributed by atoms with E-state index in [1.54, 1.807) is 24.3 Å². The summed E-state index contributed by atoms with van der Waals surface area (Å²) in [5, 5.41) is 0. The van der Waals surface area contributed by atoms with Crippen molar-refractivity contribution in [3.8, 4) is 0 Å². The molecule has 9 heteroatoms. The number of rotatable bonds is 18. The van der Waals surface area contributed by atoms with Gasteiger partial charge in [-0.1, -0.05) is 115 Å². The fourth-order valence-electron chi connectivity index (χ4n) is 4.22. The Balaban J connectivity index is 0.000000722. The third-order valence-corrected chi connectivity index (χ3v) is 8.26. The molecule has 0 amide bonds. The van der Waals surface area contributed by atoms with Crippen LogP contribution in [-0.2, 0) is 52.6 Å². The minimum Gasteiger partial charge on any atom is -0.744 e. The van der Waals surface area contributed by atoms with Crippen LogP contribution in [0.15, 0.2) is 58.3 Å². The molecule has 2 rings (SSSR count). The van der Waals surface area contributed by atoms with E-state index in [1.807, 2.05) is 0 Å². The van der Waals surface area contributed by atoms with Gasteiger partial charge in [-0.05, 0) is 61.1 Å². The van der Waals surface area contributed by atoms with E-state index in [-0.39, 0.29) is 29.3 Å². The van der Waals surface area contributed by atoms with Gasteiger partial charge >= 0.3 is 19.5 Å². The molecule has 0 aromatic heterocycles. The fraction of sp³-hybridized carbons (Fsp3) is 0.600. The number of hydrogen-bond acceptors (Lipinski definition) is 6. The van der Waals surface area contributed by atoms with E-state index in [0.717, 1.165) is 36.8 Å². The van der Waals surface area contributed by atoms with Crippen LogP contribution in [-0.4, -0.2) is 25.9 Å². The van der Waals surface area contributed by atoms with E-state index >= 15 is 0 Å². The average molecular weight is 632 g/mol. The smallest absolute Gasteiger partial charge is 0.744 e. The van der Waals surface area contributed by atoms with E-state index in [1.165, 1.54) is 101 Å². The van der Waals surface area contributed by atoms with Crippen LogP contribution in [0.2, 0.25) is 0 Å². The normalized spacial score (nSPS) is 11.4. The Labute approximate surface area is 250 Å². The van der Waals surface area contributed by atoms with E-state index in [2.05, 4.69) is 13.8 Å². The molecule has 0 N–H and O–H groups in total. The first-order valence-corrected chi connectivity index (χ1v) is 17.0. The molecule has 0 aliphatic rings. The van der Waals surface area contributed by atoms with Gasteiger partial charge in [-0.3, -0.25) is 0 Å². The summed E-state index contributed by atoms with van der Waals surface area (Å²) in [7, 11) is -8.62. The minimum absolute atomic E-state index is 0. The molecule has 0 aliphatic heterocycles. The first-order chi connectivity index (χ1) is 18.1. The Morgan fingerprint density at radius 2 is 0.718 bits per heavy atom. The van der Waals surface area contributed by atoms with Crippen molar-refractivity contribution >= 4 is 20.2 Å². The molecule has 6 nitrogen and oxygen atoms in total. The number of hydrogen-bond donors (Lipinski definition) is 0. The summed E-state index contributed by atoms with van der Waals surface area (Å²) < 4.78 is 64.6. The Morgan fingerprint density at radius 1 is 0.462 bits per heavy atom. The fourth-order valence-corrected chi connectivity index (χ4v) is 5.16. The molecular weight excluding hydrogens is 586 g/mol. The van der Waals surface area contributed by atoms with Crippen LogP contribution in [0.5, 0.6) is 0 Å². The molecule has 0 spiro atoms. The van der Waals surface area contributed by atoms with Crippen molar-refractivity contribution < 1.29 is 45.4 Å². The molecule has 0 aliphatic carbocycles. The topological polar surface area (TPSA) is 114 Å². The minimum atomic E-state index is -4.31. The van der Waals surface area contributed by atoms with Gasteiger partial charge in [0.05, 0.1) is 9.79 Å². The molecule has 2 aromatic carbocycles. The second-order valence-corrected chi connectivity index (χ2v) is 12.7. The first kappa shape index (κ1) is 37.9. The van der Waals surface area contributed by atoms with Gasteiger partial charge in [0.25, 0.3) is 0 Å². The molecule has 0 saturated heterocycles. The molecule has 0 heterocycles. The maximum absolute atomic E-state index is 10.8. The summed E-state index contributed by atoms with van der Waals surface area (Å²) in [5.41, 5.74) is 2.20. The molecule has 216 valence electrons. The van der Waals surface area contributed by atoms with Crippen LogP contribution in [0.3, 0.4) is 0 Å². The third-order valence-electron chi connectivity index (χ3n) is 6.56. The monoisotopic (exact) mass is 630 g/mol. The molecule has 0 atom stereocenters. The van der Waals surface area contributed by atoms with E-state index in [9.17, 15) is 25.9 Å². The van der Waals surface area contributed by atoms with E-state index < -0.39 is 20.2 Å². The van der Waals surface area contributed by atoms with Crippen LogP contribution in [0.4, 0.5) is 0 Å². The maximum Gasteiger partial charge on any atom is 2.00 e. The number of benzene rings is 2. The summed E-state index contributed by atoms with van der Waals surface area (Å²) in [6, 6.07) is 12.6. The second kappa shape index (κ2) is 21.6. The molecule has 0 unspecified atom stereocenters. The Morgan fingerprint density at radius 3 is 0.974 bits per heavy atom. The largest absolute Gasteiger partial charge is 2.00 e. The zero-order chi connectivity index (χ0) is 28.3.